The van der Waals surface area contributed by atoms with Crippen LogP contribution in [0, 0.1) is 0 Å². The van der Waals surface area contributed by atoms with Crippen molar-refractivity contribution in [3.8, 4) is 5.75 Å². The summed E-state index contributed by atoms with van der Waals surface area (Å²) >= 11 is 0. The third-order valence-corrected chi connectivity index (χ3v) is 6.01. The monoisotopic (exact) mass is 400 g/mol. The lowest BCUT2D eigenvalue weighted by atomic mass is 10.00. The highest BCUT2D eigenvalue weighted by Gasteiger charge is 2.39. The summed E-state index contributed by atoms with van der Waals surface area (Å²) in [5, 5.41) is 4.39. The molecule has 2 heterocycles. The summed E-state index contributed by atoms with van der Waals surface area (Å²) in [7, 11) is 1.70. The fraction of sp³-hybridized carbons (Fsp3) is 0.609. The van der Waals surface area contributed by atoms with Crippen LogP contribution >= 0.6 is 0 Å². The van der Waals surface area contributed by atoms with Crippen LogP contribution in [0.15, 0.2) is 28.9 Å². The largest absolute Gasteiger partial charge is 0.493 e. The molecule has 6 nitrogen and oxygen atoms in total. The van der Waals surface area contributed by atoms with Crippen LogP contribution in [0.25, 0.3) is 11.0 Å². The number of carbonyl (C=O) groups excluding carboxylic acids is 1. The fourth-order valence-electron chi connectivity index (χ4n) is 4.25. The number of nitrogens with zero attached hydrogens (tertiary/aromatic N) is 1. The molecule has 0 radical (unpaired) electrons. The molecular weight excluding hydrogens is 368 g/mol. The minimum Gasteiger partial charge on any atom is -0.493 e. The average Bonchev–Trinajstić information content (AvgIpc) is 3.46. The highest BCUT2D eigenvalue weighted by Crippen LogP contribution is 2.38. The fourth-order valence-corrected chi connectivity index (χ4v) is 4.25. The second-order valence-corrected chi connectivity index (χ2v) is 8.20. The first-order valence-corrected chi connectivity index (χ1v) is 10.9. The SMILES string of the molecule is COCCCOc1cc([C@@H](C)N(C(=O)[C@H]2CCCCN2)C2CC2)cc2occc12. The van der Waals surface area contributed by atoms with E-state index >= 15 is 0 Å². The first-order chi connectivity index (χ1) is 14.2. The van der Waals surface area contributed by atoms with Gasteiger partial charge in [0.15, 0.2) is 0 Å². The molecule has 1 N–H and O–H groups in total. The summed E-state index contributed by atoms with van der Waals surface area (Å²) in [6.45, 7) is 4.31. The number of hydrogen-bond acceptors (Lipinski definition) is 5. The van der Waals surface area contributed by atoms with Gasteiger partial charge in [0, 0.05) is 26.2 Å². The van der Waals surface area contributed by atoms with E-state index in [1.54, 1.807) is 13.4 Å². The Morgan fingerprint density at radius 2 is 2.14 bits per heavy atom. The van der Waals surface area contributed by atoms with Crippen LogP contribution in [0.4, 0.5) is 0 Å². The molecule has 1 saturated carbocycles. The molecule has 1 aliphatic heterocycles. The number of methoxy groups -OCH3 is 1. The third-order valence-electron chi connectivity index (χ3n) is 6.01. The number of fused-ring (bicyclic) bond motifs is 1. The van der Waals surface area contributed by atoms with Gasteiger partial charge in [0.05, 0.1) is 30.3 Å². The number of nitrogens with one attached hydrogen (secondary N) is 1. The van der Waals surface area contributed by atoms with Crippen molar-refractivity contribution in [2.45, 2.75) is 63.6 Å². The molecule has 2 fully saturated rings. The summed E-state index contributed by atoms with van der Waals surface area (Å²) in [5.41, 5.74) is 1.86. The molecule has 1 aromatic heterocycles. The molecule has 0 unspecified atom stereocenters. The lowest BCUT2D eigenvalue weighted by molar-refractivity contribution is -0.137. The Morgan fingerprint density at radius 3 is 2.86 bits per heavy atom. The molecule has 6 heteroatoms. The van der Waals surface area contributed by atoms with E-state index in [1.165, 1.54) is 0 Å². The summed E-state index contributed by atoms with van der Waals surface area (Å²) < 4.78 is 16.9. The minimum absolute atomic E-state index is 0.0189. The van der Waals surface area contributed by atoms with Gasteiger partial charge in [-0.3, -0.25) is 4.79 Å². The Morgan fingerprint density at radius 1 is 1.28 bits per heavy atom. The summed E-state index contributed by atoms with van der Waals surface area (Å²) in [6, 6.07) is 6.34. The molecular formula is C23H32N2O4. The van der Waals surface area contributed by atoms with E-state index in [9.17, 15) is 4.79 Å². The lowest BCUT2D eigenvalue weighted by Gasteiger charge is -2.34. The van der Waals surface area contributed by atoms with Crippen LogP contribution in [0.2, 0.25) is 0 Å². The minimum atomic E-state index is -0.0519. The zero-order valence-electron chi connectivity index (χ0n) is 17.5. The van der Waals surface area contributed by atoms with Gasteiger partial charge in [-0.15, -0.1) is 0 Å². The molecule has 0 spiro atoms. The number of ether oxygens (including phenoxy) is 2. The Hall–Kier alpha value is -2.05. The van der Waals surface area contributed by atoms with E-state index in [1.807, 2.05) is 6.07 Å². The van der Waals surface area contributed by atoms with E-state index in [4.69, 9.17) is 13.9 Å². The first-order valence-electron chi connectivity index (χ1n) is 10.9. The Labute approximate surface area is 172 Å². The van der Waals surface area contributed by atoms with Gasteiger partial charge in [0.25, 0.3) is 0 Å². The highest BCUT2D eigenvalue weighted by atomic mass is 16.5. The maximum atomic E-state index is 13.3. The third kappa shape index (κ3) is 4.59. The molecule has 2 aromatic rings. The zero-order valence-corrected chi connectivity index (χ0v) is 17.5. The van der Waals surface area contributed by atoms with Gasteiger partial charge >= 0.3 is 0 Å². The molecule has 0 bridgehead atoms. The number of benzene rings is 1. The molecule has 1 saturated heterocycles. The van der Waals surface area contributed by atoms with Gasteiger partial charge in [0.2, 0.25) is 5.91 Å². The second-order valence-electron chi connectivity index (χ2n) is 8.20. The Balaban J connectivity index is 1.57. The number of rotatable bonds is 9. The van der Waals surface area contributed by atoms with Crippen molar-refractivity contribution in [1.29, 1.82) is 0 Å². The van der Waals surface area contributed by atoms with Crippen LogP contribution in [0.1, 0.15) is 57.1 Å². The van der Waals surface area contributed by atoms with E-state index in [0.29, 0.717) is 19.3 Å². The zero-order chi connectivity index (χ0) is 20.2. The number of piperidine rings is 1. The van der Waals surface area contributed by atoms with Crippen molar-refractivity contribution >= 4 is 16.9 Å². The molecule has 1 aliphatic carbocycles. The van der Waals surface area contributed by atoms with Crippen molar-refractivity contribution < 1.29 is 18.7 Å². The van der Waals surface area contributed by atoms with Crippen molar-refractivity contribution in [3.63, 3.8) is 0 Å². The van der Waals surface area contributed by atoms with E-state index < -0.39 is 0 Å². The predicted molar refractivity (Wildman–Crippen MR) is 112 cm³/mol. The standard InChI is InChI=1S/C23H32N2O4/c1-16(25(18-7-8-18)23(26)20-6-3-4-10-24-20)17-14-21(28-12-5-11-27-2)19-9-13-29-22(19)15-17/h9,13-16,18,20,24H,3-8,10-12H2,1-2H3/t16-,20-/m1/s1. The van der Waals surface area contributed by atoms with E-state index in [0.717, 1.165) is 67.4 Å². The summed E-state index contributed by atoms with van der Waals surface area (Å²) in [5.74, 6) is 1.05. The second kappa shape index (κ2) is 9.18. The highest BCUT2D eigenvalue weighted by molar-refractivity contribution is 5.86. The van der Waals surface area contributed by atoms with Gasteiger partial charge < -0.3 is 24.1 Å². The molecule has 158 valence electrons. The Bertz CT molecular complexity index is 823. The average molecular weight is 401 g/mol. The smallest absolute Gasteiger partial charge is 0.240 e. The van der Waals surface area contributed by atoms with Gasteiger partial charge in [-0.2, -0.15) is 0 Å². The maximum absolute atomic E-state index is 13.3. The van der Waals surface area contributed by atoms with Crippen molar-refractivity contribution in [3.05, 3.63) is 30.0 Å². The molecule has 2 atom stereocenters. The van der Waals surface area contributed by atoms with Crippen LogP contribution in [-0.2, 0) is 9.53 Å². The van der Waals surface area contributed by atoms with Gasteiger partial charge in [-0.25, -0.2) is 0 Å². The molecule has 2 aliphatic rings. The predicted octanol–water partition coefficient (Wildman–Crippen LogP) is 4.04. The molecule has 1 aromatic carbocycles. The van der Waals surface area contributed by atoms with Gasteiger partial charge in [-0.05, 0) is 62.9 Å². The summed E-state index contributed by atoms with van der Waals surface area (Å²) in [4.78, 5) is 15.4. The number of hydrogen-bond donors (Lipinski definition) is 1. The maximum Gasteiger partial charge on any atom is 0.240 e. The van der Waals surface area contributed by atoms with Crippen molar-refractivity contribution in [2.24, 2.45) is 0 Å². The Kier molecular flexibility index (Phi) is 6.40. The van der Waals surface area contributed by atoms with Crippen LogP contribution < -0.4 is 10.1 Å². The number of carbonyl (C=O) groups is 1. The van der Waals surface area contributed by atoms with Crippen LogP contribution in [0.3, 0.4) is 0 Å². The van der Waals surface area contributed by atoms with Crippen molar-refractivity contribution in [1.82, 2.24) is 10.2 Å². The molecule has 4 rings (SSSR count). The van der Waals surface area contributed by atoms with Gasteiger partial charge in [-0.1, -0.05) is 6.42 Å². The van der Waals surface area contributed by atoms with Crippen molar-refractivity contribution in [2.75, 3.05) is 26.9 Å². The molecule has 29 heavy (non-hydrogen) atoms. The van der Waals surface area contributed by atoms with E-state index in [-0.39, 0.29) is 18.0 Å². The number of amides is 1. The van der Waals surface area contributed by atoms with Crippen LogP contribution in [0.5, 0.6) is 5.75 Å². The summed E-state index contributed by atoms with van der Waals surface area (Å²) in [6.07, 6.45) is 7.90. The normalized spacial score (nSPS) is 20.6. The molecule has 1 amide bonds. The quantitative estimate of drug-likeness (QED) is 0.644. The number of furan rings is 1. The van der Waals surface area contributed by atoms with Crippen LogP contribution in [-0.4, -0.2) is 49.8 Å². The van der Waals surface area contributed by atoms with Gasteiger partial charge in [0.1, 0.15) is 11.3 Å². The lowest BCUT2D eigenvalue weighted by Crippen LogP contribution is -2.50. The van der Waals surface area contributed by atoms with E-state index in [2.05, 4.69) is 29.3 Å². The first kappa shape index (κ1) is 20.2. The topological polar surface area (TPSA) is 63.9 Å².